The Balaban J connectivity index is 0.00000385. The molecule has 7 nitrogen and oxygen atoms in total. The van der Waals surface area contributed by atoms with Crippen LogP contribution in [0, 0.1) is 26.0 Å². The summed E-state index contributed by atoms with van der Waals surface area (Å²) in [5.41, 5.74) is 13.8. The summed E-state index contributed by atoms with van der Waals surface area (Å²) in [4.78, 5) is 15.3. The van der Waals surface area contributed by atoms with Crippen molar-refractivity contribution in [2.45, 2.75) is 32.6 Å². The second-order valence-electron chi connectivity index (χ2n) is 15.2. The first-order valence-electron chi connectivity index (χ1n) is 19.3. The summed E-state index contributed by atoms with van der Waals surface area (Å²) in [6.07, 6.45) is 3.97. The molecule has 1 atom stereocenters. The maximum absolute atomic E-state index is 6.76. The topological polar surface area (TPSA) is 70.4 Å². The molecule has 1 aliphatic carbocycles. The van der Waals surface area contributed by atoms with E-state index in [0.29, 0.717) is 17.5 Å². The summed E-state index contributed by atoms with van der Waals surface area (Å²) in [5.74, 6) is 2.15. The normalized spacial score (nSPS) is 13.9. The number of ether oxygens (including phenoxy) is 1. The molecule has 12 rings (SSSR count). The molecule has 11 aromatic rings. The minimum Gasteiger partial charge on any atom is -0.501 e. The van der Waals surface area contributed by atoms with E-state index >= 15 is 0 Å². The summed E-state index contributed by atoms with van der Waals surface area (Å²) in [6.45, 7) is 4.21. The molecule has 8 heteroatoms. The molecule has 280 valence electrons. The maximum Gasteiger partial charge on any atom is 2.00 e. The number of hydrogen-bond acceptors (Lipinski definition) is 5. The van der Waals surface area contributed by atoms with Crippen LogP contribution in [0.2, 0.25) is 0 Å². The number of benzene rings is 6. The first-order chi connectivity index (χ1) is 28.0. The third kappa shape index (κ3) is 5.34. The van der Waals surface area contributed by atoms with Crippen molar-refractivity contribution in [2.24, 2.45) is 0 Å². The third-order valence-electron chi connectivity index (χ3n) is 11.8. The van der Waals surface area contributed by atoms with Crippen LogP contribution in [0.25, 0.3) is 77.6 Å². The van der Waals surface area contributed by atoms with E-state index in [0.717, 1.165) is 90.5 Å². The van der Waals surface area contributed by atoms with Gasteiger partial charge in [0.05, 0.1) is 22.1 Å². The van der Waals surface area contributed by atoms with E-state index in [-0.39, 0.29) is 21.1 Å². The first kappa shape index (κ1) is 34.7. The van der Waals surface area contributed by atoms with Gasteiger partial charge in [-0.2, -0.15) is 28.2 Å². The number of rotatable bonds is 5. The number of furan rings is 1. The summed E-state index contributed by atoms with van der Waals surface area (Å²) in [5, 5.41) is 4.22. The molecule has 6 aromatic carbocycles. The number of para-hydroxylation sites is 2. The Hall–Kier alpha value is -6.56. The molecule has 0 fully saturated rings. The van der Waals surface area contributed by atoms with Gasteiger partial charge in [-0.3, -0.25) is 8.97 Å². The molecule has 5 aromatic heterocycles. The Kier molecular flexibility index (Phi) is 7.92. The molecule has 0 N–H and O–H groups in total. The zero-order valence-corrected chi connectivity index (χ0v) is 33.8. The van der Waals surface area contributed by atoms with Gasteiger partial charge in [0.1, 0.15) is 5.58 Å². The van der Waals surface area contributed by atoms with Gasteiger partial charge in [0.25, 0.3) is 0 Å². The van der Waals surface area contributed by atoms with Gasteiger partial charge < -0.3 is 14.1 Å². The van der Waals surface area contributed by atoms with Gasteiger partial charge >= 0.3 is 21.1 Å². The molecule has 1 unspecified atom stereocenters. The van der Waals surface area contributed by atoms with E-state index in [1.54, 1.807) is 0 Å². The van der Waals surface area contributed by atoms with Crippen LogP contribution >= 0.6 is 0 Å². The third-order valence-corrected chi connectivity index (χ3v) is 11.8. The number of pyridine rings is 2. The number of nitrogens with zero attached hydrogens (tertiary/aromatic N) is 5. The number of aryl methyl sites for hydroxylation is 2. The van der Waals surface area contributed by atoms with E-state index < -0.39 is 0 Å². The molecule has 0 bridgehead atoms. The fourth-order valence-electron chi connectivity index (χ4n) is 8.83. The standard InChI is InChI=1S/C50H33N5O2.Pt/c1-29-16-18-36(22-30(29)2)54-49-44(55-43-15-9-8-14-41(43)52-50(54)55)19-21-46(53-49)56-37-26-39(42-25-34-23-33(24-35(34)28-51-42)31-10-4-3-5-11-31)48-40(27-37)47-38-13-7-6-12-32(38)17-20-45(47)57-48;/h3-17,19-22,25,27-28,33H,23-24H2,1-2H3;/q-2;+2. The number of aromatic nitrogens is 5. The summed E-state index contributed by atoms with van der Waals surface area (Å²) in [7, 11) is 0. The van der Waals surface area contributed by atoms with Gasteiger partial charge in [-0.15, -0.1) is 6.07 Å². The van der Waals surface area contributed by atoms with E-state index in [1.807, 2.05) is 42.6 Å². The molecule has 0 aliphatic heterocycles. The largest absolute Gasteiger partial charge is 2.00 e. The van der Waals surface area contributed by atoms with E-state index in [9.17, 15) is 0 Å². The summed E-state index contributed by atoms with van der Waals surface area (Å²) < 4.78 is 17.7. The molecule has 0 spiro atoms. The van der Waals surface area contributed by atoms with Crippen molar-refractivity contribution in [3.63, 3.8) is 0 Å². The van der Waals surface area contributed by atoms with E-state index in [2.05, 4.69) is 126 Å². The predicted octanol–water partition coefficient (Wildman–Crippen LogP) is 11.8. The van der Waals surface area contributed by atoms with Gasteiger partial charge in [-0.05, 0) is 76.2 Å². The van der Waals surface area contributed by atoms with E-state index in [1.165, 1.54) is 27.8 Å². The van der Waals surface area contributed by atoms with Crippen molar-refractivity contribution >= 4 is 60.7 Å². The monoisotopic (exact) mass is 930 g/mol. The Morgan fingerprint density at radius 2 is 1.59 bits per heavy atom. The Morgan fingerprint density at radius 3 is 2.48 bits per heavy atom. The SMILES string of the molecule is Cc1c[c-]c(-n2c3nc(Oc4[c-]c(-c5cc6c(cn5)CC(c5ccccc5)C6)c5oc6ccc7ccccc7c6c5c4)ccc3n3c4ccccc4nc23)cc1C.[Pt+2]. The van der Waals surface area contributed by atoms with Gasteiger partial charge in [0.2, 0.25) is 11.7 Å². The molecule has 0 radical (unpaired) electrons. The number of fused-ring (bicyclic) bond motifs is 11. The Bertz CT molecular complexity index is 3440. The minimum atomic E-state index is 0. The van der Waals surface area contributed by atoms with Crippen LogP contribution in [0.15, 0.2) is 138 Å². The predicted molar refractivity (Wildman–Crippen MR) is 226 cm³/mol. The van der Waals surface area contributed by atoms with Crippen molar-refractivity contribution < 1.29 is 30.2 Å². The first-order valence-corrected chi connectivity index (χ1v) is 19.3. The van der Waals surface area contributed by atoms with Gasteiger partial charge in [0.15, 0.2) is 5.65 Å². The average Bonchev–Trinajstić information content (AvgIpc) is 4.01. The van der Waals surface area contributed by atoms with Crippen LogP contribution in [0.4, 0.5) is 0 Å². The van der Waals surface area contributed by atoms with Crippen molar-refractivity contribution in [1.29, 1.82) is 0 Å². The van der Waals surface area contributed by atoms with Gasteiger partial charge in [-0.1, -0.05) is 121 Å². The zero-order chi connectivity index (χ0) is 37.8. The molecule has 5 heterocycles. The fraction of sp³-hybridized carbons (Fsp3) is 0.100. The average molecular weight is 931 g/mol. The Morgan fingerprint density at radius 1 is 0.759 bits per heavy atom. The maximum atomic E-state index is 6.76. The molecule has 0 amide bonds. The molecule has 0 saturated carbocycles. The van der Waals surface area contributed by atoms with Crippen molar-refractivity contribution in [2.75, 3.05) is 0 Å². The molecular formula is C50H33N5O2Pt. The summed E-state index contributed by atoms with van der Waals surface area (Å²) >= 11 is 0. The van der Waals surface area contributed by atoms with Crippen LogP contribution in [0.5, 0.6) is 11.6 Å². The van der Waals surface area contributed by atoms with Crippen molar-refractivity contribution in [3.05, 3.63) is 174 Å². The zero-order valence-electron chi connectivity index (χ0n) is 31.6. The van der Waals surface area contributed by atoms with Gasteiger partial charge in [0, 0.05) is 23.4 Å². The molecule has 1 aliphatic rings. The number of hydrogen-bond donors (Lipinski definition) is 0. The second-order valence-corrected chi connectivity index (χ2v) is 15.2. The quantitative estimate of drug-likeness (QED) is 0.161. The molecular weight excluding hydrogens is 898 g/mol. The van der Waals surface area contributed by atoms with Crippen LogP contribution < -0.4 is 4.74 Å². The van der Waals surface area contributed by atoms with E-state index in [4.69, 9.17) is 24.1 Å². The minimum absolute atomic E-state index is 0. The Labute approximate surface area is 347 Å². The van der Waals surface area contributed by atoms with Crippen molar-refractivity contribution in [3.8, 4) is 28.6 Å². The second kappa shape index (κ2) is 13.3. The van der Waals surface area contributed by atoms with Crippen LogP contribution in [-0.4, -0.2) is 23.9 Å². The molecule has 0 saturated heterocycles. The number of imidazole rings is 2. The fourth-order valence-corrected chi connectivity index (χ4v) is 8.83. The van der Waals surface area contributed by atoms with Crippen LogP contribution in [0.1, 0.15) is 33.7 Å². The smallest absolute Gasteiger partial charge is 0.501 e. The summed E-state index contributed by atoms with van der Waals surface area (Å²) in [6, 6.07) is 51.0. The van der Waals surface area contributed by atoms with Gasteiger partial charge in [-0.25, -0.2) is 4.98 Å². The molecule has 58 heavy (non-hydrogen) atoms. The van der Waals surface area contributed by atoms with Crippen LogP contribution in [-0.2, 0) is 33.9 Å². The van der Waals surface area contributed by atoms with Crippen LogP contribution in [0.3, 0.4) is 0 Å². The van der Waals surface area contributed by atoms with Crippen molar-refractivity contribution in [1.82, 2.24) is 23.9 Å².